The van der Waals surface area contributed by atoms with E-state index in [1.807, 2.05) is 11.6 Å². The molecule has 10 heavy (non-hydrogen) atoms. The molecule has 0 bridgehead atoms. The van der Waals surface area contributed by atoms with Crippen LogP contribution in [-0.2, 0) is 31.3 Å². The first-order valence-corrected chi connectivity index (χ1v) is 8.38. The standard InChI is InChI=1S/C4H7O.C2H3O.CH3.Zr/c1-2-3-4-5;1-2-3;;/h2-3H2,1H3;1H3;1H3;. The zero-order chi connectivity index (χ0) is 8.15. The summed E-state index contributed by atoms with van der Waals surface area (Å²) < 4.78 is 2.29. The van der Waals surface area contributed by atoms with Crippen molar-refractivity contribution in [2.24, 2.45) is 0 Å². The molecule has 0 aromatic carbocycles. The molecule has 57 valence electrons. The van der Waals surface area contributed by atoms with Crippen molar-refractivity contribution in [2.45, 2.75) is 31.3 Å². The number of hydrogen-bond donors (Lipinski definition) is 0. The van der Waals surface area contributed by atoms with Gasteiger partial charge in [0.25, 0.3) is 0 Å². The zero-order valence-electron chi connectivity index (χ0n) is 6.73. The van der Waals surface area contributed by atoms with Crippen LogP contribution < -0.4 is 0 Å². The number of rotatable bonds is 4. The van der Waals surface area contributed by atoms with Crippen LogP contribution in [0.15, 0.2) is 0 Å². The third-order valence-electron chi connectivity index (χ3n) is 1.42. The maximum absolute atomic E-state index is 11.1. The second-order valence-electron chi connectivity index (χ2n) is 2.35. The molecule has 2 nitrogen and oxygen atoms in total. The van der Waals surface area contributed by atoms with Gasteiger partial charge in [-0.25, -0.2) is 0 Å². The van der Waals surface area contributed by atoms with Gasteiger partial charge in [0.05, 0.1) is 0 Å². The third kappa shape index (κ3) is 3.41. The summed E-state index contributed by atoms with van der Waals surface area (Å²) >= 11 is -2.20. The Hall–Kier alpha value is 0.223. The van der Waals surface area contributed by atoms with Crippen molar-refractivity contribution >= 4 is 6.98 Å². The zero-order valence-corrected chi connectivity index (χ0v) is 9.19. The SMILES string of the molecule is CCC[C](=O)[Zr]([CH3])[C](C)=O. The van der Waals surface area contributed by atoms with Crippen LogP contribution in [0.1, 0.15) is 26.7 Å². The topological polar surface area (TPSA) is 34.1 Å². The van der Waals surface area contributed by atoms with E-state index in [4.69, 9.17) is 0 Å². The molecule has 0 saturated carbocycles. The fourth-order valence-corrected chi connectivity index (χ4v) is 3.11. The van der Waals surface area contributed by atoms with E-state index in [0.717, 1.165) is 6.42 Å². The Morgan fingerprint density at radius 2 is 1.90 bits per heavy atom. The molecule has 0 heterocycles. The van der Waals surface area contributed by atoms with Gasteiger partial charge in [-0.15, -0.1) is 0 Å². The number of carbonyl (C=O) groups is 2. The van der Waals surface area contributed by atoms with Gasteiger partial charge in [0, 0.05) is 0 Å². The molecule has 0 aliphatic rings. The Kier molecular flexibility index (Phi) is 5.06. The van der Waals surface area contributed by atoms with E-state index in [9.17, 15) is 9.59 Å². The second-order valence-corrected chi connectivity index (χ2v) is 8.53. The molecule has 0 saturated heterocycles. The van der Waals surface area contributed by atoms with E-state index < -0.39 is 21.8 Å². The van der Waals surface area contributed by atoms with Crippen molar-refractivity contribution in [3.05, 3.63) is 0 Å². The average Bonchev–Trinajstić information content (AvgIpc) is 1.87. The van der Waals surface area contributed by atoms with Gasteiger partial charge in [-0.05, 0) is 0 Å². The molecule has 0 fully saturated rings. The van der Waals surface area contributed by atoms with Crippen LogP contribution in [0.5, 0.6) is 0 Å². The summed E-state index contributed by atoms with van der Waals surface area (Å²) in [6, 6.07) is 0. The van der Waals surface area contributed by atoms with Crippen molar-refractivity contribution in [2.75, 3.05) is 0 Å². The van der Waals surface area contributed by atoms with E-state index in [1.54, 1.807) is 6.92 Å². The average molecular weight is 220 g/mol. The minimum absolute atomic E-state index is 0.167. The summed E-state index contributed by atoms with van der Waals surface area (Å²) in [5, 5.41) is 0. The summed E-state index contributed by atoms with van der Waals surface area (Å²) in [6.07, 6.45) is 1.49. The first-order valence-electron chi connectivity index (χ1n) is 3.47. The van der Waals surface area contributed by atoms with Crippen molar-refractivity contribution in [3.63, 3.8) is 0 Å². The van der Waals surface area contributed by atoms with E-state index in [-0.39, 0.29) is 6.98 Å². The Bertz CT molecular complexity index is 143. The summed E-state index contributed by atoms with van der Waals surface area (Å²) in [6.45, 7) is 3.51. The molecule has 0 N–H and O–H groups in total. The molecule has 3 heteroatoms. The molecule has 0 aliphatic carbocycles. The quantitative estimate of drug-likeness (QED) is 0.720. The predicted molar refractivity (Wildman–Crippen MR) is 36.5 cm³/mol. The van der Waals surface area contributed by atoms with E-state index in [1.165, 1.54) is 0 Å². The molecule has 0 rings (SSSR count). The first kappa shape index (κ1) is 10.2. The van der Waals surface area contributed by atoms with Gasteiger partial charge in [-0.1, -0.05) is 0 Å². The van der Waals surface area contributed by atoms with Crippen LogP contribution in [0.25, 0.3) is 0 Å². The van der Waals surface area contributed by atoms with Gasteiger partial charge < -0.3 is 0 Å². The van der Waals surface area contributed by atoms with Gasteiger partial charge in [-0.3, -0.25) is 0 Å². The molecule has 0 aromatic rings. The molecule has 0 amide bonds. The van der Waals surface area contributed by atoms with E-state index in [0.29, 0.717) is 6.42 Å². The van der Waals surface area contributed by atoms with Gasteiger partial charge in [-0.2, -0.15) is 0 Å². The van der Waals surface area contributed by atoms with Crippen LogP contribution in [0.3, 0.4) is 0 Å². The Morgan fingerprint density at radius 3 is 2.20 bits per heavy atom. The van der Waals surface area contributed by atoms with Gasteiger partial charge in [0.1, 0.15) is 0 Å². The van der Waals surface area contributed by atoms with Crippen LogP contribution in [-0.4, -0.2) is 6.98 Å². The molecule has 0 aromatic heterocycles. The maximum atomic E-state index is 11.1. The van der Waals surface area contributed by atoms with Crippen LogP contribution in [0, 0.1) is 0 Å². The summed E-state index contributed by atoms with van der Waals surface area (Å²) in [5.41, 5.74) is 0. The van der Waals surface area contributed by atoms with Crippen molar-refractivity contribution < 1.29 is 31.3 Å². The molecule has 0 atom stereocenters. The summed E-state index contributed by atoms with van der Waals surface area (Å²) in [4.78, 5) is 21.8. The third-order valence-corrected chi connectivity index (χ3v) is 6.69. The predicted octanol–water partition coefficient (Wildman–Crippen LogP) is 1.53. The van der Waals surface area contributed by atoms with Crippen LogP contribution in [0.2, 0.25) is 4.63 Å². The summed E-state index contributed by atoms with van der Waals surface area (Å²) in [5.74, 6) is 0. The first-order chi connectivity index (χ1) is 4.59. The fraction of sp³-hybridized carbons (Fsp3) is 0.714. The molecule has 0 radical (unpaired) electrons. The number of carbonyl (C=O) groups excluding carboxylic acids is 2. The van der Waals surface area contributed by atoms with Gasteiger partial charge in [0.15, 0.2) is 0 Å². The molecular formula is C7H13O2Zr. The Balaban J connectivity index is 3.82. The second kappa shape index (κ2) is 4.95. The van der Waals surface area contributed by atoms with Crippen molar-refractivity contribution in [1.82, 2.24) is 0 Å². The molecule has 0 unspecified atom stereocenters. The molecular weight excluding hydrogens is 207 g/mol. The Morgan fingerprint density at radius 1 is 1.40 bits per heavy atom. The van der Waals surface area contributed by atoms with Gasteiger partial charge in [0.2, 0.25) is 0 Å². The van der Waals surface area contributed by atoms with E-state index in [2.05, 4.69) is 0 Å². The Labute approximate surface area is 69.7 Å². The molecule has 0 aliphatic heterocycles. The van der Waals surface area contributed by atoms with Gasteiger partial charge >= 0.3 is 69.6 Å². The number of hydrogen-bond acceptors (Lipinski definition) is 2. The van der Waals surface area contributed by atoms with Crippen molar-refractivity contribution in [3.8, 4) is 0 Å². The normalized spacial score (nSPS) is 9.10. The molecule has 0 spiro atoms. The van der Waals surface area contributed by atoms with E-state index >= 15 is 0 Å². The van der Waals surface area contributed by atoms with Crippen LogP contribution in [0.4, 0.5) is 0 Å². The van der Waals surface area contributed by atoms with Crippen LogP contribution >= 0.6 is 0 Å². The van der Waals surface area contributed by atoms with Crippen molar-refractivity contribution in [1.29, 1.82) is 0 Å². The monoisotopic (exact) mass is 219 g/mol. The fourth-order valence-electron chi connectivity index (χ4n) is 0.611. The minimum atomic E-state index is -2.20. The summed E-state index contributed by atoms with van der Waals surface area (Å²) in [7, 11) is 0.